The molecule has 2 aromatic rings. The highest BCUT2D eigenvalue weighted by Gasteiger charge is 2.09. The molecular formula is C12H12BrN5O2. The van der Waals surface area contributed by atoms with E-state index in [0.717, 1.165) is 0 Å². The number of rotatable bonds is 4. The van der Waals surface area contributed by atoms with Crippen LogP contribution in [0.1, 0.15) is 10.4 Å². The molecule has 0 radical (unpaired) electrons. The molecule has 8 heteroatoms. The topological polar surface area (TPSA) is 88.9 Å². The molecule has 0 aliphatic carbocycles. The molecular weight excluding hydrogens is 326 g/mol. The molecule has 0 unspecified atom stereocenters. The fourth-order valence-corrected chi connectivity index (χ4v) is 1.69. The number of halogens is 1. The van der Waals surface area contributed by atoms with Gasteiger partial charge in [-0.15, -0.1) is 0 Å². The minimum absolute atomic E-state index is 0.103. The fraction of sp³-hybridized carbons (Fsp3) is 0.167. The lowest BCUT2D eigenvalue weighted by atomic mass is 10.2. The molecule has 0 fully saturated rings. The van der Waals surface area contributed by atoms with Crippen molar-refractivity contribution in [3.63, 3.8) is 0 Å². The van der Waals surface area contributed by atoms with Crippen LogP contribution < -0.4 is 10.6 Å². The standard InChI is InChI=1S/C12H12BrN5O2/c1-14-11(19)7-18-6-9(5-16-18)17-12(20)8-2-3-10(13)15-4-8/h2-6H,7H2,1H3,(H,14,19)(H,17,20). The van der Waals surface area contributed by atoms with Crippen molar-refractivity contribution in [1.29, 1.82) is 0 Å². The van der Waals surface area contributed by atoms with Gasteiger partial charge < -0.3 is 10.6 Å². The molecule has 0 spiro atoms. The molecule has 0 aromatic carbocycles. The molecule has 0 aliphatic heterocycles. The molecule has 104 valence electrons. The highest BCUT2D eigenvalue weighted by atomic mass is 79.9. The minimum Gasteiger partial charge on any atom is -0.358 e. The Morgan fingerprint density at radius 1 is 1.35 bits per heavy atom. The van der Waals surface area contributed by atoms with E-state index in [-0.39, 0.29) is 18.4 Å². The monoisotopic (exact) mass is 337 g/mol. The van der Waals surface area contributed by atoms with E-state index in [9.17, 15) is 9.59 Å². The van der Waals surface area contributed by atoms with Crippen LogP contribution in [0.5, 0.6) is 0 Å². The van der Waals surface area contributed by atoms with Gasteiger partial charge in [0.25, 0.3) is 5.91 Å². The predicted molar refractivity (Wildman–Crippen MR) is 76.2 cm³/mol. The first-order valence-corrected chi connectivity index (χ1v) is 6.53. The van der Waals surface area contributed by atoms with Crippen LogP contribution in [-0.4, -0.2) is 33.6 Å². The zero-order valence-electron chi connectivity index (χ0n) is 10.6. The summed E-state index contributed by atoms with van der Waals surface area (Å²) in [4.78, 5) is 27.1. The van der Waals surface area contributed by atoms with Crippen LogP contribution in [0.15, 0.2) is 35.3 Å². The van der Waals surface area contributed by atoms with Gasteiger partial charge in [-0.25, -0.2) is 4.98 Å². The normalized spacial score (nSPS) is 10.1. The summed E-state index contributed by atoms with van der Waals surface area (Å²) < 4.78 is 2.10. The van der Waals surface area contributed by atoms with E-state index in [4.69, 9.17) is 0 Å². The van der Waals surface area contributed by atoms with Gasteiger partial charge >= 0.3 is 0 Å². The average Bonchev–Trinajstić information content (AvgIpc) is 2.86. The number of hydrogen-bond acceptors (Lipinski definition) is 4. The number of aromatic nitrogens is 3. The molecule has 0 saturated heterocycles. The van der Waals surface area contributed by atoms with Crippen molar-refractivity contribution in [3.8, 4) is 0 Å². The first kappa shape index (κ1) is 14.2. The zero-order valence-corrected chi connectivity index (χ0v) is 12.2. The lowest BCUT2D eigenvalue weighted by molar-refractivity contribution is -0.121. The summed E-state index contributed by atoms with van der Waals surface area (Å²) >= 11 is 3.20. The summed E-state index contributed by atoms with van der Waals surface area (Å²) in [5.74, 6) is -0.451. The number of carbonyl (C=O) groups is 2. The largest absolute Gasteiger partial charge is 0.358 e. The van der Waals surface area contributed by atoms with E-state index in [1.54, 1.807) is 25.4 Å². The van der Waals surface area contributed by atoms with E-state index < -0.39 is 0 Å². The molecule has 2 amide bonds. The van der Waals surface area contributed by atoms with Gasteiger partial charge in [-0.3, -0.25) is 14.3 Å². The maximum atomic E-state index is 11.9. The van der Waals surface area contributed by atoms with Gasteiger partial charge in [0.15, 0.2) is 0 Å². The Kier molecular flexibility index (Phi) is 4.46. The summed E-state index contributed by atoms with van der Waals surface area (Å²) in [6.45, 7) is 0.103. The number of nitrogens with one attached hydrogen (secondary N) is 2. The van der Waals surface area contributed by atoms with Gasteiger partial charge in [0.1, 0.15) is 11.1 Å². The van der Waals surface area contributed by atoms with Crippen LogP contribution in [-0.2, 0) is 11.3 Å². The van der Waals surface area contributed by atoms with Gasteiger partial charge in [-0.2, -0.15) is 5.10 Å². The number of nitrogens with zero attached hydrogens (tertiary/aromatic N) is 3. The van der Waals surface area contributed by atoms with E-state index in [2.05, 4.69) is 36.6 Å². The summed E-state index contributed by atoms with van der Waals surface area (Å²) in [5, 5.41) is 9.16. The first-order chi connectivity index (χ1) is 9.58. The van der Waals surface area contributed by atoms with E-state index >= 15 is 0 Å². The van der Waals surface area contributed by atoms with E-state index in [1.807, 2.05) is 0 Å². The quantitative estimate of drug-likeness (QED) is 0.816. The lowest BCUT2D eigenvalue weighted by Crippen LogP contribution is -2.23. The Hall–Kier alpha value is -2.22. The summed E-state index contributed by atoms with van der Waals surface area (Å²) in [6, 6.07) is 3.34. The highest BCUT2D eigenvalue weighted by molar-refractivity contribution is 9.10. The summed E-state index contributed by atoms with van der Waals surface area (Å²) in [6.07, 6.45) is 4.53. The van der Waals surface area contributed by atoms with Crippen LogP contribution in [0.25, 0.3) is 0 Å². The Morgan fingerprint density at radius 2 is 2.15 bits per heavy atom. The third kappa shape index (κ3) is 3.64. The Balaban J connectivity index is 2.01. The molecule has 0 saturated carbocycles. The molecule has 2 aromatic heterocycles. The maximum Gasteiger partial charge on any atom is 0.257 e. The van der Waals surface area contributed by atoms with Crippen molar-refractivity contribution in [1.82, 2.24) is 20.1 Å². The van der Waals surface area contributed by atoms with Gasteiger partial charge in [0.2, 0.25) is 5.91 Å². The average molecular weight is 338 g/mol. The van der Waals surface area contributed by atoms with Crippen molar-refractivity contribution < 1.29 is 9.59 Å². The smallest absolute Gasteiger partial charge is 0.257 e. The van der Waals surface area contributed by atoms with Crippen molar-refractivity contribution in [2.45, 2.75) is 6.54 Å². The van der Waals surface area contributed by atoms with Crippen molar-refractivity contribution in [2.24, 2.45) is 0 Å². The van der Waals surface area contributed by atoms with Gasteiger partial charge in [0.05, 0.1) is 17.4 Å². The summed E-state index contributed by atoms with van der Waals surface area (Å²) in [7, 11) is 1.55. The lowest BCUT2D eigenvalue weighted by Gasteiger charge is -2.02. The highest BCUT2D eigenvalue weighted by Crippen LogP contribution is 2.10. The third-order valence-corrected chi connectivity index (χ3v) is 2.93. The second-order valence-corrected chi connectivity index (χ2v) is 4.74. The molecule has 2 rings (SSSR count). The number of likely N-dealkylation sites (N-methyl/N-ethyl adjacent to an activating group) is 1. The number of amides is 2. The Bertz CT molecular complexity index is 623. The molecule has 2 N–H and O–H groups in total. The van der Waals surface area contributed by atoms with Crippen molar-refractivity contribution in [2.75, 3.05) is 12.4 Å². The number of hydrogen-bond donors (Lipinski definition) is 2. The van der Waals surface area contributed by atoms with Crippen LogP contribution in [0.4, 0.5) is 5.69 Å². The van der Waals surface area contributed by atoms with E-state index in [1.165, 1.54) is 17.1 Å². The SMILES string of the molecule is CNC(=O)Cn1cc(NC(=O)c2ccc(Br)nc2)cn1. The molecule has 0 aliphatic rings. The molecule has 0 bridgehead atoms. The van der Waals surface area contributed by atoms with Gasteiger partial charge in [0, 0.05) is 19.4 Å². The van der Waals surface area contributed by atoms with Crippen LogP contribution >= 0.6 is 15.9 Å². The van der Waals surface area contributed by atoms with Crippen molar-refractivity contribution in [3.05, 3.63) is 40.9 Å². The minimum atomic E-state index is -0.288. The molecule has 20 heavy (non-hydrogen) atoms. The third-order valence-electron chi connectivity index (χ3n) is 2.47. The first-order valence-electron chi connectivity index (χ1n) is 5.74. The van der Waals surface area contributed by atoms with Crippen LogP contribution in [0, 0.1) is 0 Å². The number of anilines is 1. The molecule has 7 nitrogen and oxygen atoms in total. The van der Waals surface area contributed by atoms with Crippen molar-refractivity contribution >= 4 is 33.4 Å². The van der Waals surface area contributed by atoms with Gasteiger partial charge in [-0.05, 0) is 28.1 Å². The number of carbonyl (C=O) groups excluding carboxylic acids is 2. The van der Waals surface area contributed by atoms with Crippen LogP contribution in [0.3, 0.4) is 0 Å². The predicted octanol–water partition coefficient (Wildman–Crippen LogP) is 1.04. The van der Waals surface area contributed by atoms with Crippen LogP contribution in [0.2, 0.25) is 0 Å². The second-order valence-electron chi connectivity index (χ2n) is 3.92. The fourth-order valence-electron chi connectivity index (χ4n) is 1.45. The summed E-state index contributed by atoms with van der Waals surface area (Å²) in [5.41, 5.74) is 0.953. The van der Waals surface area contributed by atoms with E-state index in [0.29, 0.717) is 15.9 Å². The zero-order chi connectivity index (χ0) is 14.5. The number of pyridine rings is 1. The second kappa shape index (κ2) is 6.29. The molecule has 0 atom stereocenters. The maximum absolute atomic E-state index is 11.9. The Morgan fingerprint density at radius 3 is 2.80 bits per heavy atom. The molecule has 2 heterocycles. The van der Waals surface area contributed by atoms with Gasteiger partial charge in [-0.1, -0.05) is 0 Å². The Labute approximate surface area is 123 Å².